The number of hydrogen-bond acceptors (Lipinski definition) is 4. The van der Waals surface area contributed by atoms with Crippen molar-refractivity contribution in [2.24, 2.45) is 0 Å². The Morgan fingerprint density at radius 3 is 1.21 bits per heavy atom. The second-order valence-corrected chi connectivity index (χ2v) is 4.49. The predicted octanol–water partition coefficient (Wildman–Crippen LogP) is 2.20. The van der Waals surface area contributed by atoms with E-state index in [0.29, 0.717) is 0 Å². The van der Waals surface area contributed by atoms with Gasteiger partial charge in [-0.25, -0.2) is 0 Å². The van der Waals surface area contributed by atoms with E-state index in [1.807, 2.05) is 24.3 Å². The molecule has 0 aliphatic carbocycles. The Balaban J connectivity index is 0.000000331. The van der Waals surface area contributed by atoms with Crippen LogP contribution in [0.5, 0.6) is 11.5 Å². The molecule has 1 saturated heterocycles. The number of methoxy groups -OCH3 is 2. The summed E-state index contributed by atoms with van der Waals surface area (Å²) >= 11 is 0. The Hall–Kier alpha value is -1.26. The van der Waals surface area contributed by atoms with Gasteiger partial charge in [-0.05, 0) is 38.4 Å². The zero-order valence-electron chi connectivity index (χ0n) is 11.8. The monoisotopic (exact) mass is 268 g/mol. The van der Waals surface area contributed by atoms with Crippen LogP contribution in [-0.4, -0.2) is 64.3 Å². The maximum Gasteiger partial charge on any atom is 0.119 e. The normalized spacial score (nSPS) is 15.8. The van der Waals surface area contributed by atoms with Crippen LogP contribution in [0.3, 0.4) is 0 Å². The highest BCUT2D eigenvalue weighted by molar-refractivity contribution is 5.30. The van der Waals surface area contributed by atoms with Crippen molar-refractivity contribution in [3.8, 4) is 11.5 Å². The van der Waals surface area contributed by atoms with E-state index in [1.165, 1.54) is 26.2 Å². The Kier molecular flexibility index (Phi) is 9.00. The lowest BCUT2D eigenvalue weighted by molar-refractivity contribution is 0.181. The van der Waals surface area contributed by atoms with E-state index in [2.05, 4.69) is 23.9 Å². The van der Waals surface area contributed by atoms with Crippen molar-refractivity contribution < 1.29 is 9.47 Å². The van der Waals surface area contributed by atoms with Gasteiger partial charge in [0.25, 0.3) is 0 Å². The summed E-state index contributed by atoms with van der Waals surface area (Å²) in [5, 5.41) is 0. The predicted molar refractivity (Wildman–Crippen MR) is 81.3 cm³/mol. The molecule has 1 aromatic carbocycles. The molecule has 19 heavy (non-hydrogen) atoms. The van der Waals surface area contributed by atoms with Crippen LogP contribution in [0.4, 0.5) is 0 Å². The highest BCUT2D eigenvalue weighted by Crippen LogP contribution is 2.15. The van der Waals surface area contributed by atoms with Crippen molar-refractivity contribution in [2.45, 2.75) is 7.43 Å². The number of ether oxygens (including phenoxy) is 2. The number of benzene rings is 1. The molecular formula is C15H28N2O2. The highest BCUT2D eigenvalue weighted by Gasteiger charge is 2.07. The lowest BCUT2D eigenvalue weighted by Gasteiger charge is -2.28. The molecule has 0 bridgehead atoms. The summed E-state index contributed by atoms with van der Waals surface area (Å²) in [6, 6.07) is 7.44. The minimum absolute atomic E-state index is 0. The van der Waals surface area contributed by atoms with E-state index >= 15 is 0 Å². The van der Waals surface area contributed by atoms with Crippen LogP contribution in [0.2, 0.25) is 0 Å². The zero-order chi connectivity index (χ0) is 13.4. The van der Waals surface area contributed by atoms with Crippen LogP contribution < -0.4 is 9.47 Å². The second-order valence-electron chi connectivity index (χ2n) is 4.49. The molecule has 110 valence electrons. The molecule has 0 aromatic heterocycles. The van der Waals surface area contributed by atoms with E-state index in [1.54, 1.807) is 14.2 Å². The van der Waals surface area contributed by atoms with Gasteiger partial charge in [-0.1, -0.05) is 7.43 Å². The van der Waals surface area contributed by atoms with E-state index in [9.17, 15) is 0 Å². The van der Waals surface area contributed by atoms with E-state index in [-0.39, 0.29) is 7.43 Å². The molecule has 1 aliphatic rings. The summed E-state index contributed by atoms with van der Waals surface area (Å²) in [4.78, 5) is 4.72. The molecule has 0 amide bonds. The molecule has 4 heteroatoms. The van der Waals surface area contributed by atoms with Gasteiger partial charge in [0.15, 0.2) is 0 Å². The fourth-order valence-corrected chi connectivity index (χ4v) is 1.62. The lowest BCUT2D eigenvalue weighted by Crippen LogP contribution is -2.42. The van der Waals surface area contributed by atoms with Crippen molar-refractivity contribution in [3.63, 3.8) is 0 Å². The summed E-state index contributed by atoms with van der Waals surface area (Å²) in [5.41, 5.74) is 0. The van der Waals surface area contributed by atoms with Gasteiger partial charge in [-0.15, -0.1) is 0 Å². The summed E-state index contributed by atoms with van der Waals surface area (Å²) in [5.74, 6) is 1.70. The highest BCUT2D eigenvalue weighted by atomic mass is 16.5. The first-order valence-corrected chi connectivity index (χ1v) is 6.21. The maximum absolute atomic E-state index is 4.96. The van der Waals surface area contributed by atoms with Crippen LogP contribution in [0, 0.1) is 0 Å². The summed E-state index contributed by atoms with van der Waals surface area (Å²) in [6.45, 7) is 4.93. The van der Waals surface area contributed by atoms with Crippen molar-refractivity contribution in [2.75, 3.05) is 54.5 Å². The summed E-state index contributed by atoms with van der Waals surface area (Å²) < 4.78 is 9.92. The lowest BCUT2D eigenvalue weighted by atomic mass is 10.3. The molecule has 1 aliphatic heterocycles. The third-order valence-corrected chi connectivity index (χ3v) is 3.02. The van der Waals surface area contributed by atoms with Gasteiger partial charge in [-0.3, -0.25) is 0 Å². The summed E-state index contributed by atoms with van der Waals surface area (Å²) in [6.07, 6.45) is 0. The first kappa shape index (κ1) is 17.7. The smallest absolute Gasteiger partial charge is 0.119 e. The minimum Gasteiger partial charge on any atom is -0.497 e. The van der Waals surface area contributed by atoms with Gasteiger partial charge < -0.3 is 19.3 Å². The quantitative estimate of drug-likeness (QED) is 0.821. The first-order chi connectivity index (χ1) is 8.65. The van der Waals surface area contributed by atoms with Gasteiger partial charge >= 0.3 is 0 Å². The van der Waals surface area contributed by atoms with Crippen molar-refractivity contribution in [3.05, 3.63) is 24.3 Å². The van der Waals surface area contributed by atoms with Crippen LogP contribution in [0.1, 0.15) is 7.43 Å². The Morgan fingerprint density at radius 2 is 1.00 bits per heavy atom. The van der Waals surface area contributed by atoms with Crippen LogP contribution in [0.15, 0.2) is 24.3 Å². The third-order valence-electron chi connectivity index (χ3n) is 3.02. The number of piperazine rings is 1. The third kappa shape index (κ3) is 7.03. The molecule has 0 saturated carbocycles. The van der Waals surface area contributed by atoms with E-state index in [0.717, 1.165) is 11.5 Å². The average molecular weight is 268 g/mol. The molecule has 1 fully saturated rings. The molecule has 0 atom stereocenters. The number of likely N-dealkylation sites (N-methyl/N-ethyl adjacent to an activating group) is 2. The topological polar surface area (TPSA) is 24.9 Å². The molecule has 0 unspecified atom stereocenters. The fourth-order valence-electron chi connectivity index (χ4n) is 1.62. The molecule has 0 spiro atoms. The molecule has 1 heterocycles. The van der Waals surface area contributed by atoms with Crippen molar-refractivity contribution >= 4 is 0 Å². The molecule has 1 aromatic rings. The Labute approximate surface area is 117 Å². The second kappa shape index (κ2) is 9.64. The Morgan fingerprint density at radius 1 is 0.737 bits per heavy atom. The van der Waals surface area contributed by atoms with Gasteiger partial charge in [0.05, 0.1) is 14.2 Å². The van der Waals surface area contributed by atoms with Gasteiger partial charge in [0, 0.05) is 26.2 Å². The SMILES string of the molecule is C.CN1CCN(C)CC1.COc1ccc(OC)cc1. The molecule has 0 radical (unpaired) electrons. The maximum atomic E-state index is 4.96. The first-order valence-electron chi connectivity index (χ1n) is 6.21. The Bertz CT molecular complexity index is 286. The number of rotatable bonds is 2. The number of hydrogen-bond donors (Lipinski definition) is 0. The van der Waals surface area contributed by atoms with Crippen LogP contribution in [0.25, 0.3) is 0 Å². The van der Waals surface area contributed by atoms with Gasteiger partial charge in [-0.2, -0.15) is 0 Å². The van der Waals surface area contributed by atoms with E-state index < -0.39 is 0 Å². The molecule has 0 N–H and O–H groups in total. The zero-order valence-corrected chi connectivity index (χ0v) is 11.8. The number of nitrogens with zero attached hydrogens (tertiary/aromatic N) is 2. The largest absolute Gasteiger partial charge is 0.497 e. The van der Waals surface area contributed by atoms with Crippen LogP contribution in [-0.2, 0) is 0 Å². The van der Waals surface area contributed by atoms with E-state index in [4.69, 9.17) is 9.47 Å². The van der Waals surface area contributed by atoms with Gasteiger partial charge in [0.2, 0.25) is 0 Å². The molecule has 4 nitrogen and oxygen atoms in total. The molecular weight excluding hydrogens is 240 g/mol. The van der Waals surface area contributed by atoms with Crippen molar-refractivity contribution in [1.82, 2.24) is 9.80 Å². The van der Waals surface area contributed by atoms with Gasteiger partial charge in [0.1, 0.15) is 11.5 Å². The average Bonchev–Trinajstić information content (AvgIpc) is 2.43. The molecule has 2 rings (SSSR count). The fraction of sp³-hybridized carbons (Fsp3) is 0.600. The standard InChI is InChI=1S/C8H10O2.C6H14N2.CH4/c1-9-7-3-5-8(10-2)6-4-7;1-7-3-5-8(2)6-4-7;/h3-6H,1-2H3;3-6H2,1-2H3;1H4. The minimum atomic E-state index is 0. The van der Waals surface area contributed by atoms with Crippen LogP contribution >= 0.6 is 0 Å². The van der Waals surface area contributed by atoms with Crippen molar-refractivity contribution in [1.29, 1.82) is 0 Å². The summed E-state index contributed by atoms with van der Waals surface area (Å²) in [7, 11) is 7.63.